The molecule has 1 saturated heterocycles. The second-order valence-electron chi connectivity index (χ2n) is 7.66. The molecule has 5 nitrogen and oxygen atoms in total. The van der Waals surface area contributed by atoms with Gasteiger partial charge in [0.2, 0.25) is 0 Å². The molecule has 0 aromatic carbocycles. The highest BCUT2D eigenvalue weighted by atomic mass is 19.4. The van der Waals surface area contributed by atoms with E-state index in [-0.39, 0.29) is 19.6 Å². The second kappa shape index (κ2) is 6.99. The first-order valence-electron chi connectivity index (χ1n) is 8.22. The Hall–Kier alpha value is -0.215. The normalized spacial score (nSPS) is 37.0. The van der Waals surface area contributed by atoms with E-state index in [4.69, 9.17) is 37.7 Å². The van der Waals surface area contributed by atoms with Gasteiger partial charge >= 0.3 is 6.18 Å². The molecule has 0 amide bonds. The van der Waals surface area contributed by atoms with Crippen molar-refractivity contribution in [1.82, 2.24) is 0 Å². The molecule has 2 fully saturated rings. The number of aliphatic hydroxyl groups excluding tert-OH is 1. The van der Waals surface area contributed by atoms with Crippen LogP contribution in [-0.4, -0.2) is 91.2 Å². The summed E-state index contributed by atoms with van der Waals surface area (Å²) >= 11 is 0. The van der Waals surface area contributed by atoms with Crippen molar-refractivity contribution in [3.05, 3.63) is 0 Å². The third-order valence-corrected chi connectivity index (χ3v) is 5.05. The summed E-state index contributed by atoms with van der Waals surface area (Å²) in [6, 6.07) is 0. The van der Waals surface area contributed by atoms with Gasteiger partial charge in [-0.25, -0.2) is 0 Å². The number of alkyl halides is 3. The lowest BCUT2D eigenvalue weighted by Crippen LogP contribution is -2.70. The highest BCUT2D eigenvalue weighted by Gasteiger charge is 2.70. The number of aliphatic hydroxyl groups is 1. The Morgan fingerprint density at radius 1 is 1.19 bits per heavy atom. The molecule has 2 aliphatic rings. The van der Waals surface area contributed by atoms with E-state index in [1.165, 1.54) is 7.11 Å². The van der Waals surface area contributed by atoms with E-state index in [2.05, 4.69) is 4.74 Å². The number of halogens is 3. The van der Waals surface area contributed by atoms with Gasteiger partial charge in [-0.05, 0) is 20.3 Å². The van der Waals surface area contributed by atoms with Crippen LogP contribution in [0.25, 0.3) is 0 Å². The Morgan fingerprint density at radius 2 is 1.77 bits per heavy atom. The van der Waals surface area contributed by atoms with Gasteiger partial charge in [-0.15, -0.1) is 0 Å². The molecular formula is C15H22B3F3O5. The van der Waals surface area contributed by atoms with Gasteiger partial charge in [-0.1, -0.05) is 5.21 Å². The first-order chi connectivity index (χ1) is 11.7. The summed E-state index contributed by atoms with van der Waals surface area (Å²) in [5.41, 5.74) is -3.54. The maximum Gasteiger partial charge on any atom is 0.411 e. The molecule has 0 unspecified atom stereocenters. The van der Waals surface area contributed by atoms with Crippen LogP contribution >= 0.6 is 0 Å². The Kier molecular flexibility index (Phi) is 5.94. The van der Waals surface area contributed by atoms with Crippen LogP contribution < -0.4 is 0 Å². The molecule has 1 heterocycles. The summed E-state index contributed by atoms with van der Waals surface area (Å²) in [4.78, 5) is 0. The van der Waals surface area contributed by atoms with Crippen molar-refractivity contribution in [3.8, 4) is 0 Å². The first-order valence-corrected chi connectivity index (χ1v) is 8.22. The van der Waals surface area contributed by atoms with Crippen molar-refractivity contribution < 1.29 is 37.2 Å². The number of ether oxygens (including phenoxy) is 4. The molecule has 6 radical (unpaired) electrons. The quantitative estimate of drug-likeness (QED) is 0.400. The van der Waals surface area contributed by atoms with Gasteiger partial charge in [0.25, 0.3) is 0 Å². The van der Waals surface area contributed by atoms with Gasteiger partial charge in [0, 0.05) is 13.0 Å². The Labute approximate surface area is 155 Å². The van der Waals surface area contributed by atoms with Crippen LogP contribution in [0.4, 0.5) is 13.2 Å². The fourth-order valence-corrected chi connectivity index (χ4v) is 4.11. The molecule has 1 aliphatic heterocycles. The lowest BCUT2D eigenvalue weighted by atomic mass is 9.36. The number of hydrogen-bond donors (Lipinski definition) is 1. The molecule has 0 bridgehead atoms. The largest absolute Gasteiger partial charge is 0.411 e. The maximum atomic E-state index is 12.1. The zero-order chi connectivity index (χ0) is 20.0. The lowest BCUT2D eigenvalue weighted by molar-refractivity contribution is -0.208. The molecule has 1 aliphatic carbocycles. The van der Waals surface area contributed by atoms with Crippen LogP contribution in [0.1, 0.15) is 20.3 Å². The summed E-state index contributed by atoms with van der Waals surface area (Å²) < 4.78 is 57.6. The topological polar surface area (TPSA) is 60.5 Å². The number of epoxide rings is 1. The minimum atomic E-state index is -4.40. The fourth-order valence-electron chi connectivity index (χ4n) is 4.11. The summed E-state index contributed by atoms with van der Waals surface area (Å²) in [6.45, 7) is 1.97. The smallest absolute Gasteiger partial charge is 0.392 e. The number of hydrogen-bond acceptors (Lipinski definition) is 5. The van der Waals surface area contributed by atoms with Crippen molar-refractivity contribution >= 4 is 23.5 Å². The van der Waals surface area contributed by atoms with Crippen molar-refractivity contribution in [2.75, 3.05) is 33.5 Å². The van der Waals surface area contributed by atoms with Gasteiger partial charge in [-0.2, -0.15) is 13.2 Å². The van der Waals surface area contributed by atoms with Gasteiger partial charge in [-0.3, -0.25) is 0 Å². The van der Waals surface area contributed by atoms with Gasteiger partial charge in [0.05, 0.1) is 58.3 Å². The summed E-state index contributed by atoms with van der Waals surface area (Å²) in [5.74, 6) is -0.676. The molecule has 11 heteroatoms. The summed E-state index contributed by atoms with van der Waals surface area (Å²) in [5, 5.41) is 9.06. The molecule has 4 atom stereocenters. The number of rotatable bonds is 7. The molecule has 1 saturated carbocycles. The summed E-state index contributed by atoms with van der Waals surface area (Å²) in [7, 11) is 19.6. The van der Waals surface area contributed by atoms with Crippen LogP contribution in [0.15, 0.2) is 0 Å². The van der Waals surface area contributed by atoms with Crippen LogP contribution in [0, 0.1) is 5.92 Å². The SMILES string of the molecule is [B]C1([B])C[C@]2(CO2)[C@@H](C(C)(C)OCCOCC(F)(F)F)[C@]([B])(OC)[C@@H]1O. The van der Waals surface area contributed by atoms with Crippen molar-refractivity contribution in [3.63, 3.8) is 0 Å². The van der Waals surface area contributed by atoms with E-state index in [1.54, 1.807) is 13.8 Å². The number of methoxy groups -OCH3 is 1. The average Bonchev–Trinajstić information content (AvgIpc) is 3.21. The van der Waals surface area contributed by atoms with E-state index in [0.717, 1.165) is 0 Å². The van der Waals surface area contributed by atoms with Crippen LogP contribution in [0.3, 0.4) is 0 Å². The van der Waals surface area contributed by atoms with E-state index in [1.807, 2.05) is 0 Å². The minimum Gasteiger partial charge on any atom is -0.392 e. The van der Waals surface area contributed by atoms with E-state index in [9.17, 15) is 18.3 Å². The van der Waals surface area contributed by atoms with E-state index in [0.29, 0.717) is 6.61 Å². The highest BCUT2D eigenvalue weighted by molar-refractivity contribution is 6.41. The molecular weight excluding hydrogens is 350 g/mol. The average molecular weight is 372 g/mol. The summed E-state index contributed by atoms with van der Waals surface area (Å²) in [6.07, 6.45) is -5.68. The lowest BCUT2D eigenvalue weighted by Gasteiger charge is -2.59. The van der Waals surface area contributed by atoms with Crippen LogP contribution in [0.2, 0.25) is 5.21 Å². The fraction of sp³-hybridized carbons (Fsp3) is 1.00. The molecule has 0 aromatic heterocycles. The van der Waals surface area contributed by atoms with Crippen molar-refractivity contribution in [1.29, 1.82) is 0 Å². The minimum absolute atomic E-state index is 0.109. The first kappa shape index (κ1) is 22.1. The molecule has 26 heavy (non-hydrogen) atoms. The Bertz CT molecular complexity index is 513. The highest BCUT2D eigenvalue weighted by Crippen LogP contribution is 2.61. The molecule has 142 valence electrons. The van der Waals surface area contributed by atoms with E-state index >= 15 is 0 Å². The monoisotopic (exact) mass is 372 g/mol. The second-order valence-corrected chi connectivity index (χ2v) is 7.66. The zero-order valence-electron chi connectivity index (χ0n) is 15.1. The maximum absolute atomic E-state index is 12.1. The van der Waals surface area contributed by atoms with Gasteiger partial charge in [0.15, 0.2) is 0 Å². The van der Waals surface area contributed by atoms with Gasteiger partial charge in [0.1, 0.15) is 14.5 Å². The van der Waals surface area contributed by atoms with Crippen molar-refractivity contribution in [2.24, 2.45) is 5.92 Å². The molecule has 1 spiro atoms. The zero-order valence-corrected chi connectivity index (χ0v) is 15.1. The van der Waals surface area contributed by atoms with Crippen molar-refractivity contribution in [2.45, 2.75) is 54.5 Å². The predicted octanol–water partition coefficient (Wildman–Crippen LogP) is 0.475. The third kappa shape index (κ3) is 4.27. The van der Waals surface area contributed by atoms with E-state index < -0.39 is 46.7 Å². The van der Waals surface area contributed by atoms with Gasteiger partial charge < -0.3 is 24.1 Å². The third-order valence-electron chi connectivity index (χ3n) is 5.05. The molecule has 0 aromatic rings. The van der Waals surface area contributed by atoms with Crippen LogP contribution in [-0.2, 0) is 18.9 Å². The molecule has 1 N–H and O–H groups in total. The predicted molar refractivity (Wildman–Crippen MR) is 89.4 cm³/mol. The molecule has 2 rings (SSSR count). The standard InChI is InChI=1S/C15H22B3F3O5/c1-11(2,25-5-4-24-8-14(19,20)21)9-12(7-26-12)6-13(16,17)10(22)15(9,18)23-3/h9-10,22H,4-8H2,1-3H3/t9-,10-,12+,15+/m1/s1. The Morgan fingerprint density at radius 3 is 2.23 bits per heavy atom. The van der Waals surface area contributed by atoms with Crippen LogP contribution in [0.5, 0.6) is 0 Å². The Balaban J connectivity index is 2.10.